The summed E-state index contributed by atoms with van der Waals surface area (Å²) in [4.78, 5) is 11.1. The van der Waals surface area contributed by atoms with E-state index in [4.69, 9.17) is 14.2 Å². The van der Waals surface area contributed by atoms with Gasteiger partial charge in [-0.25, -0.2) is 4.79 Å². The molecule has 0 saturated carbocycles. The van der Waals surface area contributed by atoms with E-state index in [2.05, 4.69) is 4.43 Å². The van der Waals surface area contributed by atoms with Crippen LogP contribution in [0.4, 0.5) is 0 Å². The smallest absolute Gasteiger partial charge is 0.319 e. The van der Waals surface area contributed by atoms with E-state index in [9.17, 15) is 4.79 Å². The third-order valence-corrected chi connectivity index (χ3v) is 2.12. The quantitative estimate of drug-likeness (QED) is 0.350. The summed E-state index contributed by atoms with van der Waals surface area (Å²) in [6.07, 6.45) is 1.42. The topological polar surface area (TPSA) is 54.0 Å². The Hall–Kier alpha value is -0.693. The zero-order valence-electron chi connectivity index (χ0n) is 9.12. The number of carbonyl (C=O) groups is 1. The van der Waals surface area contributed by atoms with Crippen molar-refractivity contribution in [2.45, 2.75) is 12.9 Å². The Bertz CT molecular complexity index is 214. The van der Waals surface area contributed by atoms with E-state index >= 15 is 0 Å². The van der Waals surface area contributed by atoms with E-state index < -0.39 is 11.9 Å². The maximum Gasteiger partial charge on any atom is 0.319 e. The summed E-state index contributed by atoms with van der Waals surface area (Å²) in [7, 11) is 4.61. The predicted octanol–water partition coefficient (Wildman–Crippen LogP) is -0.651. The standard InChI is InChI=1S/C8H16O5Si/c1-6(7(9)13-14)5-8(10-2,11-3)12-4/h5H,1-4,14H3. The summed E-state index contributed by atoms with van der Waals surface area (Å²) in [6, 6.07) is 0. The largest absolute Gasteiger partial charge is 0.526 e. The highest BCUT2D eigenvalue weighted by molar-refractivity contribution is 6.09. The first-order valence-electron chi connectivity index (χ1n) is 3.98. The second kappa shape index (κ2) is 5.92. The first kappa shape index (κ1) is 13.3. The molecule has 0 aliphatic rings. The summed E-state index contributed by atoms with van der Waals surface area (Å²) in [5.74, 6) is -1.72. The molecule has 0 unspecified atom stereocenters. The van der Waals surface area contributed by atoms with E-state index in [1.54, 1.807) is 6.92 Å². The van der Waals surface area contributed by atoms with Crippen LogP contribution in [-0.2, 0) is 23.4 Å². The molecule has 0 saturated heterocycles. The van der Waals surface area contributed by atoms with Crippen molar-refractivity contribution in [2.24, 2.45) is 0 Å². The predicted molar refractivity (Wildman–Crippen MR) is 53.5 cm³/mol. The summed E-state index contributed by atoms with van der Waals surface area (Å²) < 4.78 is 19.6. The van der Waals surface area contributed by atoms with Gasteiger partial charge in [0.15, 0.2) is 0 Å². The molecular formula is C8H16O5Si. The van der Waals surface area contributed by atoms with Crippen molar-refractivity contribution in [1.29, 1.82) is 0 Å². The van der Waals surface area contributed by atoms with Gasteiger partial charge in [-0.3, -0.25) is 0 Å². The highest BCUT2D eigenvalue weighted by Gasteiger charge is 2.27. The van der Waals surface area contributed by atoms with Gasteiger partial charge in [0.2, 0.25) is 10.5 Å². The van der Waals surface area contributed by atoms with Gasteiger partial charge in [0.25, 0.3) is 0 Å². The number of carbonyl (C=O) groups excluding carboxylic acids is 1. The van der Waals surface area contributed by atoms with Crippen molar-refractivity contribution in [1.82, 2.24) is 0 Å². The van der Waals surface area contributed by atoms with E-state index in [1.165, 1.54) is 27.4 Å². The fourth-order valence-electron chi connectivity index (χ4n) is 0.912. The van der Waals surface area contributed by atoms with Gasteiger partial charge >= 0.3 is 11.9 Å². The van der Waals surface area contributed by atoms with Crippen LogP contribution in [0.2, 0.25) is 0 Å². The molecule has 82 valence electrons. The third kappa shape index (κ3) is 3.22. The molecule has 0 rings (SSSR count). The summed E-state index contributed by atoms with van der Waals surface area (Å²) in [6.45, 7) is 1.60. The molecule has 0 aliphatic carbocycles. The molecule has 5 nitrogen and oxygen atoms in total. The van der Waals surface area contributed by atoms with Crippen molar-refractivity contribution in [3.8, 4) is 0 Å². The van der Waals surface area contributed by atoms with Crippen molar-refractivity contribution < 1.29 is 23.4 Å². The number of ether oxygens (including phenoxy) is 3. The van der Waals surface area contributed by atoms with E-state index in [1.807, 2.05) is 0 Å². The molecule has 0 N–H and O–H groups in total. The highest BCUT2D eigenvalue weighted by Crippen LogP contribution is 2.16. The molecule has 0 aliphatic heterocycles. The maximum absolute atomic E-state index is 11.1. The van der Waals surface area contributed by atoms with Crippen LogP contribution in [0.25, 0.3) is 0 Å². The third-order valence-electron chi connectivity index (χ3n) is 1.75. The molecule has 0 aromatic rings. The fraction of sp³-hybridized carbons (Fsp3) is 0.625. The molecule has 0 atom stereocenters. The average Bonchev–Trinajstić information content (AvgIpc) is 2.24. The van der Waals surface area contributed by atoms with Crippen molar-refractivity contribution >= 4 is 16.5 Å². The number of hydrogen-bond acceptors (Lipinski definition) is 5. The van der Waals surface area contributed by atoms with Crippen LogP contribution in [0, 0.1) is 0 Å². The maximum atomic E-state index is 11.1. The van der Waals surface area contributed by atoms with Crippen molar-refractivity contribution in [3.05, 3.63) is 11.6 Å². The lowest BCUT2D eigenvalue weighted by atomic mass is 10.2. The van der Waals surface area contributed by atoms with Crippen LogP contribution < -0.4 is 0 Å². The Labute approximate surface area is 86.5 Å². The lowest BCUT2D eigenvalue weighted by molar-refractivity contribution is -0.319. The Balaban J connectivity index is 4.79. The van der Waals surface area contributed by atoms with Gasteiger partial charge in [-0.2, -0.15) is 0 Å². The highest BCUT2D eigenvalue weighted by atomic mass is 28.2. The molecule has 0 amide bonds. The molecule has 0 aromatic carbocycles. The Kier molecular flexibility index (Phi) is 5.62. The second-order valence-corrected chi connectivity index (χ2v) is 2.94. The summed E-state index contributed by atoms with van der Waals surface area (Å²) in [5, 5.41) is 0. The first-order chi connectivity index (χ1) is 6.55. The minimum absolute atomic E-state index is 0.354. The molecule has 14 heavy (non-hydrogen) atoms. The number of rotatable bonds is 5. The van der Waals surface area contributed by atoms with Gasteiger partial charge in [0.05, 0.1) is 0 Å². The fourth-order valence-corrected chi connectivity index (χ4v) is 1.23. The Morgan fingerprint density at radius 3 is 1.93 bits per heavy atom. The van der Waals surface area contributed by atoms with Gasteiger partial charge < -0.3 is 18.6 Å². The molecule has 0 radical (unpaired) electrons. The van der Waals surface area contributed by atoms with Crippen LogP contribution in [0.15, 0.2) is 11.6 Å². The van der Waals surface area contributed by atoms with E-state index in [0.717, 1.165) is 0 Å². The molecule has 0 fully saturated rings. The van der Waals surface area contributed by atoms with Crippen molar-refractivity contribution in [3.63, 3.8) is 0 Å². The van der Waals surface area contributed by atoms with Crippen LogP contribution >= 0.6 is 0 Å². The lowest BCUT2D eigenvalue weighted by Crippen LogP contribution is -2.34. The van der Waals surface area contributed by atoms with Gasteiger partial charge in [-0.05, 0) is 6.92 Å². The Morgan fingerprint density at radius 2 is 1.64 bits per heavy atom. The minimum atomic E-state index is -1.32. The summed E-state index contributed by atoms with van der Waals surface area (Å²) >= 11 is 0. The second-order valence-electron chi connectivity index (χ2n) is 2.53. The molecule has 0 aromatic heterocycles. The van der Waals surface area contributed by atoms with Crippen molar-refractivity contribution in [2.75, 3.05) is 21.3 Å². The molecular weight excluding hydrogens is 204 g/mol. The number of methoxy groups -OCH3 is 3. The lowest BCUT2D eigenvalue weighted by Gasteiger charge is -2.25. The molecule has 0 bridgehead atoms. The van der Waals surface area contributed by atoms with Crippen LogP contribution in [0.3, 0.4) is 0 Å². The molecule has 6 heteroatoms. The zero-order chi connectivity index (χ0) is 11.2. The zero-order valence-corrected chi connectivity index (χ0v) is 11.1. The first-order valence-corrected chi connectivity index (χ1v) is 4.80. The molecule has 0 heterocycles. The number of hydrogen-bond donors (Lipinski definition) is 0. The van der Waals surface area contributed by atoms with Crippen LogP contribution in [0.1, 0.15) is 6.92 Å². The summed E-state index contributed by atoms with van der Waals surface area (Å²) in [5.41, 5.74) is 0.380. The van der Waals surface area contributed by atoms with E-state index in [-0.39, 0.29) is 0 Å². The SMILES string of the molecule is COC(C=C(C)C(=O)O[SiH3])(OC)OC. The normalized spacial score (nSPS) is 13.0. The van der Waals surface area contributed by atoms with Crippen LogP contribution in [-0.4, -0.2) is 43.8 Å². The van der Waals surface area contributed by atoms with Gasteiger partial charge in [0, 0.05) is 33.0 Å². The van der Waals surface area contributed by atoms with Gasteiger partial charge in [0.1, 0.15) is 0 Å². The minimum Gasteiger partial charge on any atom is -0.526 e. The Morgan fingerprint density at radius 1 is 1.21 bits per heavy atom. The van der Waals surface area contributed by atoms with Gasteiger partial charge in [-0.15, -0.1) is 0 Å². The molecule has 0 spiro atoms. The monoisotopic (exact) mass is 220 g/mol. The van der Waals surface area contributed by atoms with E-state index in [0.29, 0.717) is 16.1 Å². The van der Waals surface area contributed by atoms with Gasteiger partial charge in [-0.1, -0.05) is 0 Å². The average molecular weight is 220 g/mol. The van der Waals surface area contributed by atoms with Crippen LogP contribution in [0.5, 0.6) is 0 Å².